The zero-order valence-corrected chi connectivity index (χ0v) is 11.6. The summed E-state index contributed by atoms with van der Waals surface area (Å²) in [5.74, 6) is -3.14. The van der Waals surface area contributed by atoms with Gasteiger partial charge in [-0.1, -0.05) is 29.8 Å². The number of carboxylic acid groups (broad SMARTS) is 1. The topological polar surface area (TPSA) is 69.7 Å². The summed E-state index contributed by atoms with van der Waals surface area (Å²) < 4.78 is 5.78. The molecule has 21 heavy (non-hydrogen) atoms. The van der Waals surface area contributed by atoms with Crippen LogP contribution in [0.4, 0.5) is 5.69 Å². The third kappa shape index (κ3) is 1.61. The van der Waals surface area contributed by atoms with Crippen LogP contribution in [0.5, 0.6) is 0 Å². The van der Waals surface area contributed by atoms with Gasteiger partial charge < -0.3 is 19.5 Å². The van der Waals surface area contributed by atoms with Gasteiger partial charge in [0.25, 0.3) is 0 Å². The summed E-state index contributed by atoms with van der Waals surface area (Å²) >= 11 is 5.96. The van der Waals surface area contributed by atoms with E-state index >= 15 is 0 Å². The summed E-state index contributed by atoms with van der Waals surface area (Å²) in [5, 5.41) is 11.9. The van der Waals surface area contributed by atoms with Gasteiger partial charge in [-0.15, -0.1) is 0 Å². The minimum absolute atomic E-state index is 0.252. The molecular weight excluding hydrogens is 294 g/mol. The largest absolute Gasteiger partial charge is 0.550 e. The number of aliphatic carboxylic acids is 1. The van der Waals surface area contributed by atoms with Crippen molar-refractivity contribution in [1.29, 1.82) is 0 Å². The number of benzene rings is 1. The second-order valence-corrected chi connectivity index (χ2v) is 6.06. The molecule has 4 atom stereocenters. The van der Waals surface area contributed by atoms with Gasteiger partial charge in [-0.05, 0) is 18.2 Å². The molecule has 6 heteroatoms. The van der Waals surface area contributed by atoms with Crippen LogP contribution in [0.2, 0.25) is 5.02 Å². The maximum Gasteiger partial charge on any atom is 0.234 e. The van der Waals surface area contributed by atoms with Gasteiger partial charge >= 0.3 is 0 Å². The summed E-state index contributed by atoms with van der Waals surface area (Å²) in [5.41, 5.74) is -0.205. The number of hydrogen-bond acceptors (Lipinski definition) is 4. The molecule has 1 aromatic carbocycles. The molecule has 0 saturated carbocycles. The SMILES string of the molecule is O=C([O-])[C@@H]1[C@@H]2C=C[C@]3(CN(c4cccc(Cl)c4)C(=O)[C@@H]13)O2. The average Bonchev–Trinajstić information content (AvgIpc) is 3.07. The van der Waals surface area contributed by atoms with Gasteiger partial charge in [0, 0.05) is 22.6 Å². The lowest BCUT2D eigenvalue weighted by atomic mass is 9.77. The molecule has 4 rings (SSSR count). The molecule has 0 aliphatic carbocycles. The monoisotopic (exact) mass is 304 g/mol. The summed E-state index contributed by atoms with van der Waals surface area (Å²) in [7, 11) is 0. The standard InChI is InChI=1S/C15H12ClNO4/c16-8-2-1-3-9(6-8)17-7-15-5-4-10(21-15)11(14(19)20)12(15)13(17)18/h1-6,10-12H,7H2,(H,19,20)/p-1/t10-,11+,12+,15+/m0/s1. The molecule has 2 bridgehead atoms. The van der Waals surface area contributed by atoms with Gasteiger partial charge in [0.1, 0.15) is 5.60 Å². The van der Waals surface area contributed by atoms with Crippen molar-refractivity contribution in [2.75, 3.05) is 11.4 Å². The predicted octanol–water partition coefficient (Wildman–Crippen LogP) is 0.376. The zero-order valence-electron chi connectivity index (χ0n) is 10.9. The fourth-order valence-corrected chi connectivity index (χ4v) is 3.81. The van der Waals surface area contributed by atoms with Crippen molar-refractivity contribution in [3.8, 4) is 0 Å². The Kier molecular flexibility index (Phi) is 2.50. The molecule has 3 aliphatic heterocycles. The molecule has 3 heterocycles. The Balaban J connectivity index is 1.75. The highest BCUT2D eigenvalue weighted by atomic mass is 35.5. The van der Waals surface area contributed by atoms with Crippen LogP contribution < -0.4 is 10.0 Å². The molecule has 2 fully saturated rings. The van der Waals surface area contributed by atoms with E-state index in [1.165, 1.54) is 0 Å². The molecule has 0 aromatic heterocycles. The average molecular weight is 305 g/mol. The Labute approximate surface area is 125 Å². The van der Waals surface area contributed by atoms with E-state index in [9.17, 15) is 14.7 Å². The molecule has 3 aliphatic rings. The third-order valence-electron chi connectivity index (χ3n) is 4.49. The number of nitrogens with zero attached hydrogens (tertiary/aromatic N) is 1. The first-order valence-corrected chi connectivity index (χ1v) is 7.05. The number of fused-ring (bicyclic) bond motifs is 1. The third-order valence-corrected chi connectivity index (χ3v) is 4.73. The number of anilines is 1. The Morgan fingerprint density at radius 1 is 1.48 bits per heavy atom. The molecule has 0 radical (unpaired) electrons. The Morgan fingerprint density at radius 3 is 3.00 bits per heavy atom. The number of carbonyl (C=O) groups excluding carboxylic acids is 2. The fraction of sp³-hybridized carbons (Fsp3) is 0.333. The van der Waals surface area contributed by atoms with Crippen LogP contribution in [0.1, 0.15) is 0 Å². The molecule has 108 valence electrons. The minimum Gasteiger partial charge on any atom is -0.550 e. The van der Waals surface area contributed by atoms with E-state index in [4.69, 9.17) is 16.3 Å². The maximum atomic E-state index is 12.7. The van der Waals surface area contributed by atoms with Crippen molar-refractivity contribution in [3.05, 3.63) is 41.4 Å². The van der Waals surface area contributed by atoms with E-state index in [1.54, 1.807) is 35.2 Å². The summed E-state index contributed by atoms with van der Waals surface area (Å²) in [4.78, 5) is 25.6. The van der Waals surface area contributed by atoms with Crippen LogP contribution in [-0.4, -0.2) is 30.1 Å². The van der Waals surface area contributed by atoms with Crippen LogP contribution in [0.15, 0.2) is 36.4 Å². The van der Waals surface area contributed by atoms with Crippen molar-refractivity contribution in [1.82, 2.24) is 0 Å². The summed E-state index contributed by atoms with van der Waals surface area (Å²) in [6.45, 7) is 0.299. The van der Waals surface area contributed by atoms with E-state index in [0.717, 1.165) is 0 Å². The minimum atomic E-state index is -1.24. The van der Waals surface area contributed by atoms with Gasteiger partial charge in [0.05, 0.1) is 18.6 Å². The normalized spacial score (nSPS) is 36.3. The van der Waals surface area contributed by atoms with E-state index in [2.05, 4.69) is 0 Å². The van der Waals surface area contributed by atoms with Gasteiger partial charge in [0.15, 0.2) is 0 Å². The molecular formula is C15H11ClNO4-. The Hall–Kier alpha value is -1.85. The van der Waals surface area contributed by atoms with E-state index in [-0.39, 0.29) is 5.91 Å². The molecule has 1 amide bonds. The highest BCUT2D eigenvalue weighted by Gasteiger charge is 2.65. The first-order chi connectivity index (χ1) is 10.0. The van der Waals surface area contributed by atoms with Crippen LogP contribution in [0.25, 0.3) is 0 Å². The second-order valence-electron chi connectivity index (χ2n) is 5.62. The quantitative estimate of drug-likeness (QED) is 0.741. The molecule has 5 nitrogen and oxygen atoms in total. The molecule has 1 spiro atoms. The molecule has 0 N–H and O–H groups in total. The van der Waals surface area contributed by atoms with Crippen LogP contribution >= 0.6 is 11.6 Å². The van der Waals surface area contributed by atoms with Crippen molar-refractivity contribution in [2.45, 2.75) is 11.7 Å². The lowest BCUT2D eigenvalue weighted by molar-refractivity contribution is -0.313. The fourth-order valence-electron chi connectivity index (χ4n) is 3.63. The van der Waals surface area contributed by atoms with Gasteiger partial charge in [0.2, 0.25) is 5.91 Å². The Bertz CT molecular complexity index is 688. The van der Waals surface area contributed by atoms with Crippen molar-refractivity contribution in [2.24, 2.45) is 11.8 Å². The van der Waals surface area contributed by atoms with Crippen LogP contribution in [0.3, 0.4) is 0 Å². The lowest BCUT2D eigenvalue weighted by Gasteiger charge is -2.24. The summed E-state index contributed by atoms with van der Waals surface area (Å²) in [6.07, 6.45) is 2.96. The molecule has 1 aromatic rings. The Morgan fingerprint density at radius 2 is 2.29 bits per heavy atom. The van der Waals surface area contributed by atoms with Crippen LogP contribution in [0, 0.1) is 11.8 Å². The first kappa shape index (κ1) is 12.9. The number of ether oxygens (including phenoxy) is 1. The van der Waals surface area contributed by atoms with E-state index in [0.29, 0.717) is 17.3 Å². The second kappa shape index (κ2) is 4.08. The first-order valence-electron chi connectivity index (χ1n) is 6.67. The maximum absolute atomic E-state index is 12.7. The highest BCUT2D eigenvalue weighted by Crippen LogP contribution is 2.52. The smallest absolute Gasteiger partial charge is 0.234 e. The van der Waals surface area contributed by atoms with Crippen molar-refractivity contribution < 1.29 is 19.4 Å². The van der Waals surface area contributed by atoms with E-state index < -0.39 is 29.5 Å². The number of halogens is 1. The molecule has 2 saturated heterocycles. The highest BCUT2D eigenvalue weighted by molar-refractivity contribution is 6.31. The van der Waals surface area contributed by atoms with Crippen molar-refractivity contribution in [3.63, 3.8) is 0 Å². The van der Waals surface area contributed by atoms with E-state index in [1.807, 2.05) is 6.08 Å². The number of carboxylic acids is 1. The van der Waals surface area contributed by atoms with Gasteiger partial charge in [-0.25, -0.2) is 0 Å². The number of amides is 1. The summed E-state index contributed by atoms with van der Waals surface area (Å²) in [6, 6.07) is 6.92. The number of rotatable bonds is 2. The predicted molar refractivity (Wildman–Crippen MR) is 72.5 cm³/mol. The number of carbonyl (C=O) groups is 2. The number of hydrogen-bond donors (Lipinski definition) is 0. The zero-order chi connectivity index (χ0) is 14.8. The lowest BCUT2D eigenvalue weighted by Crippen LogP contribution is -2.45. The van der Waals surface area contributed by atoms with Gasteiger partial charge in [-0.3, -0.25) is 4.79 Å². The molecule has 0 unspecified atom stereocenters. The van der Waals surface area contributed by atoms with Gasteiger partial charge in [-0.2, -0.15) is 0 Å². The van der Waals surface area contributed by atoms with Crippen molar-refractivity contribution >= 4 is 29.2 Å². The van der Waals surface area contributed by atoms with Crippen LogP contribution in [-0.2, 0) is 14.3 Å².